The second-order valence-corrected chi connectivity index (χ2v) is 8.81. The Kier molecular flexibility index (Phi) is 4.82. The highest BCUT2D eigenvalue weighted by molar-refractivity contribution is 5.27. The molecule has 1 fully saturated rings. The van der Waals surface area contributed by atoms with Crippen molar-refractivity contribution in [2.45, 2.75) is 65.7 Å². The fraction of sp³-hybridized carbons (Fsp3) is 0.700. The molecule has 2 rings (SSSR count). The first-order valence-electron chi connectivity index (χ1n) is 8.51. The van der Waals surface area contributed by atoms with Crippen LogP contribution in [0.4, 0.5) is 0 Å². The Hall–Kier alpha value is -0.820. The Balaban J connectivity index is 2.08. The van der Waals surface area contributed by atoms with E-state index in [0.29, 0.717) is 11.3 Å². The first-order valence-corrected chi connectivity index (χ1v) is 8.51. The van der Waals surface area contributed by atoms with E-state index in [2.05, 4.69) is 58.9 Å². The zero-order valence-corrected chi connectivity index (χ0v) is 14.6. The van der Waals surface area contributed by atoms with Crippen molar-refractivity contribution in [1.29, 1.82) is 0 Å². The Morgan fingerprint density at radius 1 is 1.10 bits per heavy atom. The highest BCUT2D eigenvalue weighted by Gasteiger charge is 2.34. The van der Waals surface area contributed by atoms with Crippen LogP contribution >= 0.6 is 0 Å². The summed E-state index contributed by atoms with van der Waals surface area (Å²) in [4.78, 5) is 0. The van der Waals surface area contributed by atoms with E-state index in [1.165, 1.54) is 36.8 Å². The van der Waals surface area contributed by atoms with Crippen LogP contribution < -0.4 is 5.73 Å². The van der Waals surface area contributed by atoms with Crippen LogP contribution in [0.2, 0.25) is 0 Å². The minimum Gasteiger partial charge on any atom is -0.330 e. The van der Waals surface area contributed by atoms with Crippen molar-refractivity contribution in [2.24, 2.45) is 23.0 Å². The summed E-state index contributed by atoms with van der Waals surface area (Å²) < 4.78 is 0. The molecule has 2 N–H and O–H groups in total. The van der Waals surface area contributed by atoms with Crippen LogP contribution in [-0.4, -0.2) is 6.54 Å². The molecule has 1 aliphatic carbocycles. The van der Waals surface area contributed by atoms with Gasteiger partial charge in [-0.2, -0.15) is 0 Å². The number of benzene rings is 1. The minimum atomic E-state index is 0.241. The summed E-state index contributed by atoms with van der Waals surface area (Å²) in [6.45, 7) is 12.5. The zero-order chi connectivity index (χ0) is 15.7. The molecule has 0 saturated heterocycles. The van der Waals surface area contributed by atoms with Crippen LogP contribution in [0, 0.1) is 17.3 Å². The van der Waals surface area contributed by atoms with Gasteiger partial charge < -0.3 is 5.73 Å². The van der Waals surface area contributed by atoms with Crippen molar-refractivity contribution in [1.82, 2.24) is 0 Å². The molecule has 118 valence electrons. The van der Waals surface area contributed by atoms with Gasteiger partial charge in [0.05, 0.1) is 0 Å². The SMILES string of the molecule is CC1(C)CCC(CN)C(Cc2ccc(C(C)(C)C)cc2)C1. The van der Waals surface area contributed by atoms with E-state index in [1.54, 1.807) is 0 Å². The maximum atomic E-state index is 6.02. The normalized spacial score (nSPS) is 25.8. The molecule has 0 aliphatic heterocycles. The van der Waals surface area contributed by atoms with Gasteiger partial charge in [0.25, 0.3) is 0 Å². The molecule has 1 aliphatic rings. The second-order valence-electron chi connectivity index (χ2n) is 8.81. The van der Waals surface area contributed by atoms with Gasteiger partial charge in [0.2, 0.25) is 0 Å². The summed E-state index contributed by atoms with van der Waals surface area (Å²) in [5.74, 6) is 1.46. The Labute approximate surface area is 131 Å². The molecule has 1 saturated carbocycles. The fourth-order valence-corrected chi connectivity index (χ4v) is 3.78. The molecule has 2 atom stereocenters. The lowest BCUT2D eigenvalue weighted by Gasteiger charge is -2.40. The third-order valence-electron chi connectivity index (χ3n) is 5.29. The molecule has 0 radical (unpaired) electrons. The predicted molar refractivity (Wildman–Crippen MR) is 92.5 cm³/mol. The molecule has 0 bridgehead atoms. The number of rotatable bonds is 3. The van der Waals surface area contributed by atoms with Gasteiger partial charge in [0, 0.05) is 0 Å². The largest absolute Gasteiger partial charge is 0.330 e. The number of hydrogen-bond donors (Lipinski definition) is 1. The van der Waals surface area contributed by atoms with Gasteiger partial charge in [-0.3, -0.25) is 0 Å². The monoisotopic (exact) mass is 287 g/mol. The summed E-state index contributed by atoms with van der Waals surface area (Å²) >= 11 is 0. The molecule has 21 heavy (non-hydrogen) atoms. The van der Waals surface area contributed by atoms with E-state index in [-0.39, 0.29) is 5.41 Å². The molecule has 0 aromatic heterocycles. The van der Waals surface area contributed by atoms with Crippen LogP contribution in [0.5, 0.6) is 0 Å². The average molecular weight is 287 g/mol. The highest BCUT2D eigenvalue weighted by atomic mass is 14.6. The van der Waals surface area contributed by atoms with Gasteiger partial charge in [0.1, 0.15) is 0 Å². The number of hydrogen-bond acceptors (Lipinski definition) is 1. The zero-order valence-electron chi connectivity index (χ0n) is 14.6. The average Bonchev–Trinajstić information content (AvgIpc) is 2.37. The van der Waals surface area contributed by atoms with Crippen LogP contribution in [0.1, 0.15) is 65.0 Å². The smallest absolute Gasteiger partial charge is 0.00461 e. The molecule has 1 nitrogen and oxygen atoms in total. The molecule has 0 amide bonds. The maximum absolute atomic E-state index is 6.02. The molecule has 1 heteroatoms. The highest BCUT2D eigenvalue weighted by Crippen LogP contribution is 2.42. The third-order valence-corrected chi connectivity index (χ3v) is 5.29. The van der Waals surface area contributed by atoms with Crippen LogP contribution in [0.25, 0.3) is 0 Å². The van der Waals surface area contributed by atoms with E-state index in [1.807, 2.05) is 0 Å². The summed E-state index contributed by atoms with van der Waals surface area (Å²) in [7, 11) is 0. The minimum absolute atomic E-state index is 0.241. The van der Waals surface area contributed by atoms with Gasteiger partial charge in [-0.1, -0.05) is 58.9 Å². The lowest BCUT2D eigenvalue weighted by atomic mass is 9.65. The van der Waals surface area contributed by atoms with Crippen molar-refractivity contribution in [3.63, 3.8) is 0 Å². The van der Waals surface area contributed by atoms with Crippen molar-refractivity contribution in [2.75, 3.05) is 6.54 Å². The molecule has 1 aromatic carbocycles. The van der Waals surface area contributed by atoms with Gasteiger partial charge >= 0.3 is 0 Å². The summed E-state index contributed by atoms with van der Waals surface area (Å²) in [5, 5.41) is 0. The Bertz CT molecular complexity index is 450. The van der Waals surface area contributed by atoms with Crippen LogP contribution in [-0.2, 0) is 11.8 Å². The van der Waals surface area contributed by atoms with E-state index >= 15 is 0 Å². The topological polar surface area (TPSA) is 26.0 Å². The van der Waals surface area contributed by atoms with Gasteiger partial charge in [0.15, 0.2) is 0 Å². The lowest BCUT2D eigenvalue weighted by Crippen LogP contribution is -2.35. The molecular formula is C20H33N. The van der Waals surface area contributed by atoms with E-state index in [9.17, 15) is 0 Å². The van der Waals surface area contributed by atoms with Crippen molar-refractivity contribution >= 4 is 0 Å². The quantitative estimate of drug-likeness (QED) is 0.838. The lowest BCUT2D eigenvalue weighted by molar-refractivity contribution is 0.121. The van der Waals surface area contributed by atoms with Gasteiger partial charge in [-0.25, -0.2) is 0 Å². The number of nitrogens with two attached hydrogens (primary N) is 1. The standard InChI is InChI=1S/C20H33N/c1-19(2,3)18-8-6-15(7-9-18)12-17-13-20(4,5)11-10-16(17)14-21/h6-9,16-17H,10-14,21H2,1-5H3. The molecule has 0 spiro atoms. The van der Waals surface area contributed by atoms with Gasteiger partial charge in [-0.05, 0) is 66.0 Å². The Morgan fingerprint density at radius 2 is 1.71 bits per heavy atom. The molecule has 1 aromatic rings. The maximum Gasteiger partial charge on any atom is -0.00461 e. The van der Waals surface area contributed by atoms with Crippen molar-refractivity contribution in [3.05, 3.63) is 35.4 Å². The van der Waals surface area contributed by atoms with Crippen LogP contribution in [0.15, 0.2) is 24.3 Å². The predicted octanol–water partition coefficient (Wildman–Crippen LogP) is 4.93. The van der Waals surface area contributed by atoms with Gasteiger partial charge in [-0.15, -0.1) is 0 Å². The summed E-state index contributed by atoms with van der Waals surface area (Å²) in [6.07, 6.45) is 5.13. The molecule has 2 unspecified atom stereocenters. The van der Waals surface area contributed by atoms with Crippen molar-refractivity contribution in [3.8, 4) is 0 Å². The molecular weight excluding hydrogens is 254 g/mol. The van der Waals surface area contributed by atoms with E-state index in [4.69, 9.17) is 5.73 Å². The van der Waals surface area contributed by atoms with Crippen LogP contribution in [0.3, 0.4) is 0 Å². The van der Waals surface area contributed by atoms with Crippen molar-refractivity contribution < 1.29 is 0 Å². The fourth-order valence-electron chi connectivity index (χ4n) is 3.78. The first-order chi connectivity index (χ1) is 9.71. The Morgan fingerprint density at radius 3 is 2.24 bits per heavy atom. The van der Waals surface area contributed by atoms with E-state index in [0.717, 1.165) is 12.5 Å². The summed E-state index contributed by atoms with van der Waals surface area (Å²) in [5.41, 5.74) is 9.64. The molecule has 0 heterocycles. The summed E-state index contributed by atoms with van der Waals surface area (Å²) in [6, 6.07) is 9.27. The first kappa shape index (κ1) is 16.5. The van der Waals surface area contributed by atoms with E-state index < -0.39 is 0 Å². The second kappa shape index (κ2) is 6.12. The third kappa shape index (κ3) is 4.32.